The maximum absolute atomic E-state index is 13.0. The van der Waals surface area contributed by atoms with Crippen molar-refractivity contribution < 1.29 is 28.5 Å². The van der Waals surface area contributed by atoms with Gasteiger partial charge in [0.05, 0.1) is 42.4 Å². The summed E-state index contributed by atoms with van der Waals surface area (Å²) in [6.45, 7) is 5.78. The SMILES string of the molecule is CCOC(=O)C1=C(C)NC(C)=C(C(=O)OCCOC)C1c1cccc(Cl)c1OC. The van der Waals surface area contributed by atoms with E-state index in [0.29, 0.717) is 33.3 Å². The van der Waals surface area contributed by atoms with E-state index < -0.39 is 17.9 Å². The van der Waals surface area contributed by atoms with Gasteiger partial charge in [0.25, 0.3) is 0 Å². The number of dihydropyridines is 1. The van der Waals surface area contributed by atoms with Crippen LogP contribution >= 0.6 is 11.6 Å². The van der Waals surface area contributed by atoms with Gasteiger partial charge in [-0.1, -0.05) is 23.7 Å². The fourth-order valence-electron chi connectivity index (χ4n) is 3.32. The minimum absolute atomic E-state index is 0.0863. The quantitative estimate of drug-likeness (QED) is 0.507. The predicted octanol–water partition coefficient (Wildman–Crippen LogP) is 3.34. The van der Waals surface area contributed by atoms with Crippen LogP contribution in [0.2, 0.25) is 5.02 Å². The molecule has 1 aromatic carbocycles. The Morgan fingerprint density at radius 1 is 1.03 bits per heavy atom. The molecule has 2 rings (SSSR count). The molecule has 1 aliphatic rings. The highest BCUT2D eigenvalue weighted by Gasteiger charge is 2.39. The van der Waals surface area contributed by atoms with Crippen LogP contribution in [0.5, 0.6) is 5.75 Å². The van der Waals surface area contributed by atoms with E-state index in [9.17, 15) is 9.59 Å². The average Bonchev–Trinajstić information content (AvgIpc) is 2.67. The first-order valence-corrected chi connectivity index (χ1v) is 9.59. The first-order valence-electron chi connectivity index (χ1n) is 9.21. The van der Waals surface area contributed by atoms with E-state index >= 15 is 0 Å². The molecule has 0 spiro atoms. The minimum atomic E-state index is -0.765. The van der Waals surface area contributed by atoms with Crippen molar-refractivity contribution in [2.45, 2.75) is 26.7 Å². The molecule has 0 fully saturated rings. The van der Waals surface area contributed by atoms with Crippen molar-refractivity contribution in [3.05, 3.63) is 51.3 Å². The summed E-state index contributed by atoms with van der Waals surface area (Å²) in [6.07, 6.45) is 0. The predicted molar refractivity (Wildman–Crippen MR) is 109 cm³/mol. The molecule has 1 atom stereocenters. The average molecular weight is 424 g/mol. The molecule has 1 aromatic rings. The molecule has 1 aliphatic heterocycles. The molecule has 0 radical (unpaired) electrons. The Hall–Kier alpha value is -2.51. The molecule has 0 aromatic heterocycles. The lowest BCUT2D eigenvalue weighted by molar-refractivity contribution is -0.140. The normalized spacial score (nSPS) is 16.4. The summed E-state index contributed by atoms with van der Waals surface area (Å²) in [4.78, 5) is 25.8. The summed E-state index contributed by atoms with van der Waals surface area (Å²) in [5.74, 6) is -1.47. The van der Waals surface area contributed by atoms with Gasteiger partial charge in [-0.25, -0.2) is 9.59 Å². The molecule has 1 heterocycles. The standard InChI is InChI=1S/C21H26ClNO6/c1-6-28-20(24)16-12(2)23-13(3)17(21(25)29-11-10-26-4)18(16)14-8-7-9-15(22)19(14)27-5/h7-9,18,23H,6,10-11H2,1-5H3. The number of esters is 2. The Bertz CT molecular complexity index is 846. The number of carbonyl (C=O) groups is 2. The summed E-state index contributed by atoms with van der Waals surface area (Å²) in [7, 11) is 3.00. The fourth-order valence-corrected chi connectivity index (χ4v) is 3.58. The lowest BCUT2D eigenvalue weighted by Gasteiger charge is -2.31. The van der Waals surface area contributed by atoms with E-state index in [-0.39, 0.29) is 25.4 Å². The van der Waals surface area contributed by atoms with Crippen LogP contribution < -0.4 is 10.1 Å². The van der Waals surface area contributed by atoms with Crippen LogP contribution in [0.1, 0.15) is 32.3 Å². The monoisotopic (exact) mass is 423 g/mol. The van der Waals surface area contributed by atoms with Gasteiger partial charge < -0.3 is 24.3 Å². The molecule has 158 valence electrons. The highest BCUT2D eigenvalue weighted by Crippen LogP contribution is 2.44. The number of carbonyl (C=O) groups excluding carboxylic acids is 2. The third kappa shape index (κ3) is 4.92. The van der Waals surface area contributed by atoms with E-state index in [1.807, 2.05) is 0 Å². The summed E-state index contributed by atoms with van der Waals surface area (Å²) < 4.78 is 21.1. The van der Waals surface area contributed by atoms with Crippen LogP contribution in [0.4, 0.5) is 0 Å². The molecule has 8 heteroatoms. The maximum atomic E-state index is 13.0. The van der Waals surface area contributed by atoms with Crippen molar-refractivity contribution >= 4 is 23.5 Å². The number of methoxy groups -OCH3 is 2. The zero-order valence-corrected chi connectivity index (χ0v) is 18.0. The van der Waals surface area contributed by atoms with E-state index in [4.69, 9.17) is 30.5 Å². The Kier molecular flexibility index (Phi) is 8.10. The van der Waals surface area contributed by atoms with E-state index in [2.05, 4.69) is 5.32 Å². The number of hydrogen-bond acceptors (Lipinski definition) is 7. The Morgan fingerprint density at radius 2 is 1.66 bits per heavy atom. The second-order valence-electron chi connectivity index (χ2n) is 6.35. The number of hydrogen-bond donors (Lipinski definition) is 1. The number of rotatable bonds is 8. The van der Waals surface area contributed by atoms with Crippen molar-refractivity contribution in [1.29, 1.82) is 0 Å². The molecule has 0 amide bonds. The third-order valence-electron chi connectivity index (χ3n) is 4.51. The first-order chi connectivity index (χ1) is 13.9. The molecule has 1 N–H and O–H groups in total. The van der Waals surface area contributed by atoms with Gasteiger partial charge in [-0.3, -0.25) is 0 Å². The van der Waals surface area contributed by atoms with E-state index in [0.717, 1.165) is 0 Å². The molecule has 0 bridgehead atoms. The van der Waals surface area contributed by atoms with Gasteiger partial charge in [0.1, 0.15) is 12.4 Å². The van der Waals surface area contributed by atoms with Crippen molar-refractivity contribution in [2.75, 3.05) is 34.0 Å². The van der Waals surface area contributed by atoms with Crippen molar-refractivity contribution in [1.82, 2.24) is 5.32 Å². The second kappa shape index (κ2) is 10.3. The Balaban J connectivity index is 2.65. The molecule has 29 heavy (non-hydrogen) atoms. The van der Waals surface area contributed by atoms with Gasteiger partial charge in [-0.15, -0.1) is 0 Å². The molecular weight excluding hydrogens is 398 g/mol. The molecule has 0 saturated heterocycles. The first kappa shape index (κ1) is 22.8. The summed E-state index contributed by atoms with van der Waals surface area (Å²) >= 11 is 6.32. The van der Waals surface area contributed by atoms with Crippen LogP contribution in [0.3, 0.4) is 0 Å². The lowest BCUT2D eigenvalue weighted by atomic mass is 9.80. The topological polar surface area (TPSA) is 83.1 Å². The summed E-state index contributed by atoms with van der Waals surface area (Å²) in [5, 5.41) is 3.46. The number of ether oxygens (including phenoxy) is 4. The molecule has 1 unspecified atom stereocenters. The third-order valence-corrected chi connectivity index (χ3v) is 4.81. The van der Waals surface area contributed by atoms with Crippen LogP contribution in [0, 0.1) is 0 Å². The molecule has 0 saturated carbocycles. The van der Waals surface area contributed by atoms with Crippen molar-refractivity contribution in [3.63, 3.8) is 0 Å². The van der Waals surface area contributed by atoms with Gasteiger partial charge in [0.2, 0.25) is 0 Å². The smallest absolute Gasteiger partial charge is 0.336 e. The van der Waals surface area contributed by atoms with Gasteiger partial charge in [0.15, 0.2) is 0 Å². The Labute approximate surface area is 175 Å². The van der Waals surface area contributed by atoms with Crippen molar-refractivity contribution in [2.24, 2.45) is 0 Å². The maximum Gasteiger partial charge on any atom is 0.336 e. The van der Waals surface area contributed by atoms with Crippen LogP contribution in [-0.4, -0.2) is 46.0 Å². The van der Waals surface area contributed by atoms with Crippen LogP contribution in [0.15, 0.2) is 40.7 Å². The number of benzene rings is 1. The largest absolute Gasteiger partial charge is 0.495 e. The van der Waals surface area contributed by atoms with Crippen molar-refractivity contribution in [3.8, 4) is 5.75 Å². The van der Waals surface area contributed by atoms with Gasteiger partial charge >= 0.3 is 11.9 Å². The zero-order valence-electron chi connectivity index (χ0n) is 17.3. The van der Waals surface area contributed by atoms with Crippen LogP contribution in [-0.2, 0) is 23.8 Å². The van der Waals surface area contributed by atoms with Gasteiger partial charge in [-0.05, 0) is 26.8 Å². The van der Waals surface area contributed by atoms with Gasteiger partial charge in [-0.2, -0.15) is 0 Å². The highest BCUT2D eigenvalue weighted by atomic mass is 35.5. The number of halogens is 1. The Morgan fingerprint density at radius 3 is 2.21 bits per heavy atom. The second-order valence-corrected chi connectivity index (χ2v) is 6.75. The minimum Gasteiger partial charge on any atom is -0.495 e. The van der Waals surface area contributed by atoms with Gasteiger partial charge in [0, 0.05) is 24.1 Å². The van der Waals surface area contributed by atoms with E-state index in [1.54, 1.807) is 39.0 Å². The van der Waals surface area contributed by atoms with Crippen LogP contribution in [0.25, 0.3) is 0 Å². The molecular formula is C21H26ClNO6. The molecule has 7 nitrogen and oxygen atoms in total. The van der Waals surface area contributed by atoms with E-state index in [1.165, 1.54) is 14.2 Å². The lowest BCUT2D eigenvalue weighted by Crippen LogP contribution is -2.33. The summed E-state index contributed by atoms with van der Waals surface area (Å²) in [5.41, 5.74) is 2.32. The number of allylic oxidation sites excluding steroid dienone is 2. The highest BCUT2D eigenvalue weighted by molar-refractivity contribution is 6.32. The molecule has 0 aliphatic carbocycles. The zero-order chi connectivity index (χ0) is 21.6. The fraction of sp³-hybridized carbons (Fsp3) is 0.429. The number of para-hydroxylation sites is 1. The number of nitrogens with one attached hydrogen (secondary N) is 1. The summed E-state index contributed by atoms with van der Waals surface area (Å²) in [6, 6.07) is 5.19.